The molecule has 1 N–H and O–H groups in total. The van der Waals surface area contributed by atoms with E-state index in [-0.39, 0.29) is 11.9 Å². The summed E-state index contributed by atoms with van der Waals surface area (Å²) in [5.41, 5.74) is 0.394. The van der Waals surface area contributed by atoms with Crippen molar-refractivity contribution in [1.82, 2.24) is 15.5 Å². The van der Waals surface area contributed by atoms with Crippen LogP contribution >= 0.6 is 0 Å². The van der Waals surface area contributed by atoms with Gasteiger partial charge in [-0.3, -0.25) is 4.79 Å². The Morgan fingerprint density at radius 1 is 1.26 bits per heavy atom. The van der Waals surface area contributed by atoms with Gasteiger partial charge in [0.15, 0.2) is 11.5 Å². The average molecular weight is 318 g/mol. The number of hydrogen-bond donors (Lipinski definition) is 1. The third-order valence-electron chi connectivity index (χ3n) is 4.83. The van der Waals surface area contributed by atoms with Crippen LogP contribution in [0.1, 0.15) is 55.9 Å². The van der Waals surface area contributed by atoms with Crippen molar-refractivity contribution >= 4 is 11.7 Å². The van der Waals surface area contributed by atoms with Gasteiger partial charge in [-0.15, -0.1) is 10.2 Å². The van der Waals surface area contributed by atoms with Gasteiger partial charge in [0.05, 0.1) is 0 Å². The number of rotatable bonds is 4. The fourth-order valence-electron chi connectivity index (χ4n) is 3.43. The molecule has 23 heavy (non-hydrogen) atoms. The molecule has 1 aromatic rings. The normalized spacial score (nSPS) is 22.8. The molecule has 1 unspecified atom stereocenters. The fraction of sp³-hybridized carbons (Fsp3) is 0.706. The van der Waals surface area contributed by atoms with E-state index in [4.69, 9.17) is 4.74 Å². The molecule has 126 valence electrons. The smallest absolute Gasteiger partial charge is 0.272 e. The first-order valence-electron chi connectivity index (χ1n) is 8.77. The van der Waals surface area contributed by atoms with E-state index in [1.54, 1.807) is 6.07 Å². The van der Waals surface area contributed by atoms with Crippen molar-refractivity contribution in [1.29, 1.82) is 0 Å². The van der Waals surface area contributed by atoms with E-state index in [1.165, 1.54) is 19.3 Å². The zero-order valence-electron chi connectivity index (χ0n) is 13.8. The largest absolute Gasteiger partial charge is 0.381 e. The van der Waals surface area contributed by atoms with Crippen molar-refractivity contribution in [2.45, 2.75) is 57.5 Å². The molecule has 1 amide bonds. The molecule has 0 spiro atoms. The van der Waals surface area contributed by atoms with Crippen molar-refractivity contribution < 1.29 is 9.53 Å². The predicted octanol–water partition coefficient (Wildman–Crippen LogP) is 2.15. The molecule has 1 atom stereocenters. The number of piperidine rings is 1. The van der Waals surface area contributed by atoms with Crippen molar-refractivity contribution in [3.05, 3.63) is 17.8 Å². The molecule has 2 aliphatic heterocycles. The lowest BCUT2D eigenvalue weighted by Crippen LogP contribution is -2.40. The summed E-state index contributed by atoms with van der Waals surface area (Å²) in [7, 11) is 0. The lowest BCUT2D eigenvalue weighted by Gasteiger charge is -2.35. The lowest BCUT2D eigenvalue weighted by molar-refractivity contribution is 0.0693. The summed E-state index contributed by atoms with van der Waals surface area (Å²) < 4.78 is 5.31. The van der Waals surface area contributed by atoms with Crippen molar-refractivity contribution in [2.75, 3.05) is 24.7 Å². The molecule has 0 aliphatic carbocycles. The molecule has 6 nitrogen and oxygen atoms in total. The summed E-state index contributed by atoms with van der Waals surface area (Å²) in [6.45, 7) is 4.67. The molecule has 0 saturated carbocycles. The number of ether oxygens (including phenoxy) is 1. The number of anilines is 1. The maximum absolute atomic E-state index is 12.3. The third kappa shape index (κ3) is 3.99. The third-order valence-corrected chi connectivity index (χ3v) is 4.83. The van der Waals surface area contributed by atoms with Crippen LogP contribution < -0.4 is 10.2 Å². The quantitative estimate of drug-likeness (QED) is 0.921. The van der Waals surface area contributed by atoms with E-state index < -0.39 is 0 Å². The number of hydrogen-bond acceptors (Lipinski definition) is 5. The monoisotopic (exact) mass is 318 g/mol. The van der Waals surface area contributed by atoms with Gasteiger partial charge in [0.2, 0.25) is 0 Å². The van der Waals surface area contributed by atoms with E-state index in [2.05, 4.69) is 27.3 Å². The Morgan fingerprint density at radius 2 is 2.09 bits per heavy atom. The Balaban J connectivity index is 1.62. The number of nitrogens with one attached hydrogen (secondary N) is 1. The van der Waals surface area contributed by atoms with E-state index in [9.17, 15) is 4.79 Å². The van der Waals surface area contributed by atoms with Gasteiger partial charge in [0.25, 0.3) is 5.91 Å². The Hall–Kier alpha value is -1.69. The van der Waals surface area contributed by atoms with Gasteiger partial charge in [-0.1, -0.05) is 6.92 Å². The molecule has 0 radical (unpaired) electrons. The number of amides is 1. The Kier molecular flexibility index (Phi) is 5.43. The minimum atomic E-state index is -0.137. The fourth-order valence-corrected chi connectivity index (χ4v) is 3.43. The molecular weight excluding hydrogens is 292 g/mol. The standard InChI is InChI=1S/C17H26N4O2/c1-2-14-5-3-4-10-21(14)16-7-6-15(19-20-16)17(22)18-13-8-11-23-12-9-13/h6-7,13-14H,2-5,8-12H2,1H3,(H,18,22). The van der Waals surface area contributed by atoms with Crippen molar-refractivity contribution in [3.63, 3.8) is 0 Å². The molecule has 0 aromatic carbocycles. The summed E-state index contributed by atoms with van der Waals surface area (Å²) >= 11 is 0. The predicted molar refractivity (Wildman–Crippen MR) is 88.6 cm³/mol. The van der Waals surface area contributed by atoms with Crippen molar-refractivity contribution in [3.8, 4) is 0 Å². The summed E-state index contributed by atoms with van der Waals surface area (Å²) in [5, 5.41) is 11.5. The number of carbonyl (C=O) groups excluding carboxylic acids is 1. The first-order chi connectivity index (χ1) is 11.3. The van der Waals surface area contributed by atoms with E-state index in [1.807, 2.05) is 6.07 Å². The van der Waals surface area contributed by atoms with Crippen LogP contribution in [0.3, 0.4) is 0 Å². The molecule has 3 rings (SSSR count). The van der Waals surface area contributed by atoms with Gasteiger partial charge in [-0.25, -0.2) is 0 Å². The highest BCUT2D eigenvalue weighted by Crippen LogP contribution is 2.24. The van der Waals surface area contributed by atoms with Crippen LogP contribution in [0.5, 0.6) is 0 Å². The Morgan fingerprint density at radius 3 is 2.78 bits per heavy atom. The molecule has 2 fully saturated rings. The zero-order valence-corrected chi connectivity index (χ0v) is 13.8. The summed E-state index contributed by atoms with van der Waals surface area (Å²) in [6.07, 6.45) is 6.54. The summed E-state index contributed by atoms with van der Waals surface area (Å²) in [6, 6.07) is 4.45. The second-order valence-corrected chi connectivity index (χ2v) is 6.39. The van der Waals surface area contributed by atoms with Gasteiger partial charge >= 0.3 is 0 Å². The van der Waals surface area contributed by atoms with Crippen LogP contribution in [-0.4, -0.2) is 47.9 Å². The topological polar surface area (TPSA) is 67.4 Å². The van der Waals surface area contributed by atoms with Gasteiger partial charge < -0.3 is 15.0 Å². The first kappa shape index (κ1) is 16.2. The van der Waals surface area contributed by atoms with Gasteiger partial charge in [0.1, 0.15) is 0 Å². The van der Waals surface area contributed by atoms with E-state index in [0.717, 1.165) is 31.6 Å². The average Bonchev–Trinajstić information content (AvgIpc) is 2.62. The summed E-state index contributed by atoms with van der Waals surface area (Å²) in [5.74, 6) is 0.751. The van der Waals surface area contributed by atoms with Crippen LogP contribution in [0.25, 0.3) is 0 Å². The molecular formula is C17H26N4O2. The molecule has 1 aromatic heterocycles. The van der Waals surface area contributed by atoms with Crippen LogP contribution in [0.2, 0.25) is 0 Å². The number of aromatic nitrogens is 2. The first-order valence-corrected chi connectivity index (χ1v) is 8.77. The maximum atomic E-state index is 12.3. The van der Waals surface area contributed by atoms with Crippen LogP contribution in [0.15, 0.2) is 12.1 Å². The maximum Gasteiger partial charge on any atom is 0.272 e. The minimum absolute atomic E-state index is 0.137. The minimum Gasteiger partial charge on any atom is -0.381 e. The van der Waals surface area contributed by atoms with Crippen LogP contribution in [0.4, 0.5) is 5.82 Å². The molecule has 2 saturated heterocycles. The highest BCUT2D eigenvalue weighted by molar-refractivity contribution is 5.92. The van der Waals surface area contributed by atoms with E-state index >= 15 is 0 Å². The molecule has 3 heterocycles. The lowest BCUT2D eigenvalue weighted by atomic mass is 10.0. The number of carbonyl (C=O) groups is 1. The Bertz CT molecular complexity index is 514. The SMILES string of the molecule is CCC1CCCCN1c1ccc(C(=O)NC2CCOCC2)nn1. The zero-order chi connectivity index (χ0) is 16.1. The molecule has 2 aliphatic rings. The van der Waals surface area contributed by atoms with Crippen molar-refractivity contribution in [2.24, 2.45) is 0 Å². The van der Waals surface area contributed by atoms with Gasteiger partial charge in [-0.2, -0.15) is 0 Å². The second kappa shape index (κ2) is 7.73. The second-order valence-electron chi connectivity index (χ2n) is 6.39. The van der Waals surface area contributed by atoms with E-state index in [0.29, 0.717) is 24.9 Å². The number of nitrogens with zero attached hydrogens (tertiary/aromatic N) is 3. The van der Waals surface area contributed by atoms with Crippen LogP contribution in [-0.2, 0) is 4.74 Å². The summed E-state index contributed by atoms with van der Waals surface area (Å²) in [4.78, 5) is 14.6. The van der Waals surface area contributed by atoms with Crippen LogP contribution in [0, 0.1) is 0 Å². The molecule has 0 bridgehead atoms. The molecule has 6 heteroatoms. The van der Waals surface area contributed by atoms with Gasteiger partial charge in [0, 0.05) is 31.8 Å². The Labute approximate surface area is 137 Å². The highest BCUT2D eigenvalue weighted by atomic mass is 16.5. The highest BCUT2D eigenvalue weighted by Gasteiger charge is 2.23. The van der Waals surface area contributed by atoms with Gasteiger partial charge in [-0.05, 0) is 50.7 Å².